The van der Waals surface area contributed by atoms with Gasteiger partial charge in [0.15, 0.2) is 0 Å². The van der Waals surface area contributed by atoms with Gasteiger partial charge in [-0.1, -0.05) is 31.9 Å². The predicted octanol–water partition coefficient (Wildman–Crippen LogP) is 4.29. The van der Waals surface area contributed by atoms with Crippen LogP contribution >= 0.6 is 21.2 Å². The molecule has 0 aromatic carbocycles. The summed E-state index contributed by atoms with van der Waals surface area (Å²) >= 11 is 1.96. The Morgan fingerprint density at radius 1 is 0.952 bits per heavy atom. The van der Waals surface area contributed by atoms with E-state index < -0.39 is 6.24 Å². The number of Topliss-reactive ketones (excluding diaryl/α,β-unsaturated/α-hetero) is 1. The Morgan fingerprint density at radius 3 is 1.57 bits per heavy atom. The zero-order valence-electron chi connectivity index (χ0n) is 13.8. The van der Waals surface area contributed by atoms with Crippen LogP contribution in [0.1, 0.15) is 64.2 Å². The molecule has 1 heterocycles. The minimum Gasteiger partial charge on any atom is -0.370 e. The van der Waals surface area contributed by atoms with Crippen LogP contribution in [0.25, 0.3) is 0 Å². The third-order valence-electron chi connectivity index (χ3n) is 3.73. The van der Waals surface area contributed by atoms with E-state index in [1.54, 1.807) is 18.8 Å². The summed E-state index contributed by atoms with van der Waals surface area (Å²) in [7, 11) is 0. The molecule has 3 aliphatic rings. The number of halogens is 1. The van der Waals surface area contributed by atoms with Gasteiger partial charge in [-0.3, -0.25) is 9.00 Å². The number of carbonyl (C=O) groups excluding carboxylic acids is 1. The molecule has 5 heteroatoms. The lowest BCUT2D eigenvalue weighted by Gasteiger charge is -2.16. The molecule has 3 fully saturated rings. The highest BCUT2D eigenvalue weighted by Crippen LogP contribution is 2.41. The van der Waals surface area contributed by atoms with E-state index in [1.165, 1.54) is 38.5 Å². The molecule has 1 spiro atoms. The summed E-state index contributed by atoms with van der Waals surface area (Å²) in [5.41, 5.74) is 0.429. The van der Waals surface area contributed by atoms with Crippen molar-refractivity contribution in [3.63, 3.8) is 0 Å². The lowest BCUT2D eigenvalue weighted by atomic mass is 9.90. The van der Waals surface area contributed by atoms with Gasteiger partial charge < -0.3 is 4.74 Å². The van der Waals surface area contributed by atoms with Crippen molar-refractivity contribution in [1.82, 2.24) is 0 Å². The van der Waals surface area contributed by atoms with E-state index in [0.29, 0.717) is 11.4 Å². The number of ketones is 1. The largest absolute Gasteiger partial charge is 0.370 e. The first-order valence-electron chi connectivity index (χ1n) is 8.01. The lowest BCUT2D eigenvalue weighted by Crippen LogP contribution is -2.15. The summed E-state index contributed by atoms with van der Waals surface area (Å²) < 4.78 is 16.1. The van der Waals surface area contributed by atoms with Gasteiger partial charge in [-0.25, -0.2) is 0 Å². The van der Waals surface area contributed by atoms with E-state index in [9.17, 15) is 9.00 Å². The summed E-state index contributed by atoms with van der Waals surface area (Å²) in [5, 5.41) is 0. The fourth-order valence-corrected chi connectivity index (χ4v) is 2.53. The second kappa shape index (κ2) is 7.86. The van der Waals surface area contributed by atoms with Crippen LogP contribution in [0.5, 0.6) is 0 Å². The maximum Gasteiger partial charge on any atom is 0.132 e. The average Bonchev–Trinajstić information content (AvgIpc) is 3.08. The van der Waals surface area contributed by atoms with Crippen molar-refractivity contribution < 1.29 is 13.7 Å². The number of ether oxygens (including phenoxy) is 1. The van der Waals surface area contributed by atoms with Gasteiger partial charge in [0.1, 0.15) is 5.78 Å². The topological polar surface area (TPSA) is 46.7 Å². The van der Waals surface area contributed by atoms with E-state index in [-0.39, 0.29) is 0 Å². The maximum atomic E-state index is 10.8. The third-order valence-corrected chi connectivity index (χ3v) is 3.73. The van der Waals surface area contributed by atoms with Crippen molar-refractivity contribution >= 4 is 33.2 Å². The summed E-state index contributed by atoms with van der Waals surface area (Å²) in [4.78, 5) is 10.5. The Hall–Kier alpha value is 0.510. The molecule has 3 nitrogen and oxygen atoms in total. The molecule has 21 heavy (non-hydrogen) atoms. The highest BCUT2D eigenvalue weighted by Gasteiger charge is 2.44. The van der Waals surface area contributed by atoms with Gasteiger partial charge in [0, 0.05) is 34.0 Å². The summed E-state index contributed by atoms with van der Waals surface area (Å²) in [6.45, 7) is 1.06. The minimum atomic E-state index is -2.13. The average molecular weight is 430 g/mol. The first kappa shape index (κ1) is 19.6. The molecule has 1 saturated heterocycles. The molecule has 126 valence electrons. The molecule has 0 aromatic heterocycles. The Labute approximate surface area is 142 Å². The predicted molar refractivity (Wildman–Crippen MR) is 99.8 cm³/mol. The zero-order chi connectivity index (χ0) is 16.0. The summed E-state index contributed by atoms with van der Waals surface area (Å²) in [5.74, 6) is 0.464. The SMILES string of the molecule is C1CCC2(CC1)CO2.CS(C)(C)(=O)I.O=C1CCCCC1. The van der Waals surface area contributed by atoms with Crippen molar-refractivity contribution in [2.24, 2.45) is 0 Å². The van der Waals surface area contributed by atoms with Crippen LogP contribution < -0.4 is 0 Å². The van der Waals surface area contributed by atoms with Gasteiger partial charge >= 0.3 is 0 Å². The second-order valence-corrected chi connectivity index (χ2v) is 20.9. The Bertz CT molecular complexity index is 370. The van der Waals surface area contributed by atoms with Crippen LogP contribution in [0, 0.1) is 0 Å². The smallest absolute Gasteiger partial charge is 0.132 e. The van der Waals surface area contributed by atoms with Crippen LogP contribution in [0.3, 0.4) is 0 Å². The molecule has 0 atom stereocenters. The molecule has 3 rings (SSSR count). The molecule has 0 aromatic rings. The molecule has 1 aliphatic heterocycles. The van der Waals surface area contributed by atoms with Crippen LogP contribution in [0.15, 0.2) is 0 Å². The molecule has 0 amide bonds. The molecular formula is C16H31IO3S. The highest BCUT2D eigenvalue weighted by atomic mass is 127. The zero-order valence-corrected chi connectivity index (χ0v) is 16.8. The number of hydrogen-bond acceptors (Lipinski definition) is 3. The first-order chi connectivity index (χ1) is 9.54. The van der Waals surface area contributed by atoms with E-state index in [0.717, 1.165) is 32.3 Å². The van der Waals surface area contributed by atoms with Gasteiger partial charge in [-0.05, 0) is 44.5 Å². The Morgan fingerprint density at radius 2 is 1.33 bits per heavy atom. The van der Waals surface area contributed by atoms with Crippen molar-refractivity contribution in [3.8, 4) is 0 Å². The van der Waals surface area contributed by atoms with Crippen LogP contribution in [-0.4, -0.2) is 41.0 Å². The number of hydrogen-bond donors (Lipinski definition) is 0. The number of rotatable bonds is 0. The Kier molecular flexibility index (Phi) is 7.32. The van der Waals surface area contributed by atoms with Crippen molar-refractivity contribution in [2.45, 2.75) is 69.8 Å². The molecule has 0 unspecified atom stereocenters. The monoisotopic (exact) mass is 430 g/mol. The van der Waals surface area contributed by atoms with Gasteiger partial charge in [0.25, 0.3) is 0 Å². The number of epoxide rings is 1. The summed E-state index contributed by atoms with van der Waals surface area (Å²) in [6, 6.07) is 0. The first-order valence-corrected chi connectivity index (χ1v) is 13.7. The van der Waals surface area contributed by atoms with E-state index in [2.05, 4.69) is 0 Å². The second-order valence-electron chi connectivity index (χ2n) is 7.38. The molecule has 0 N–H and O–H groups in total. The van der Waals surface area contributed by atoms with Crippen molar-refractivity contribution in [2.75, 3.05) is 25.4 Å². The van der Waals surface area contributed by atoms with Crippen molar-refractivity contribution in [3.05, 3.63) is 0 Å². The molecule has 2 saturated carbocycles. The normalized spacial score (nSPS) is 25.5. The maximum absolute atomic E-state index is 10.8. The molecule has 0 bridgehead atoms. The van der Waals surface area contributed by atoms with Crippen LogP contribution in [-0.2, 0) is 15.8 Å². The van der Waals surface area contributed by atoms with Gasteiger partial charge in [0.2, 0.25) is 0 Å². The minimum absolute atomic E-state index is 0.429. The highest BCUT2D eigenvalue weighted by molar-refractivity contribution is 14.2. The fraction of sp³-hybridized carbons (Fsp3) is 0.938. The van der Waals surface area contributed by atoms with Gasteiger partial charge in [0.05, 0.1) is 12.2 Å². The standard InChI is InChI=1S/C7H12O.C6H10O.C3H9IOS/c1-2-4-7(5-3-1)6-8-7;7-6-4-2-1-3-5-6;1-6(2,3,4)5/h1-6H2;1-5H2;1-3H3. The quantitative estimate of drug-likeness (QED) is 0.327. The third kappa shape index (κ3) is 12.7. The molecule has 2 aliphatic carbocycles. The lowest BCUT2D eigenvalue weighted by molar-refractivity contribution is -0.120. The van der Waals surface area contributed by atoms with Gasteiger partial charge in [-0.2, -0.15) is 0 Å². The van der Waals surface area contributed by atoms with E-state index in [1.807, 2.05) is 21.2 Å². The van der Waals surface area contributed by atoms with Crippen molar-refractivity contribution in [1.29, 1.82) is 0 Å². The molecule has 0 radical (unpaired) electrons. The van der Waals surface area contributed by atoms with E-state index >= 15 is 0 Å². The van der Waals surface area contributed by atoms with Crippen LogP contribution in [0.4, 0.5) is 0 Å². The van der Waals surface area contributed by atoms with Gasteiger partial charge in [-0.15, -0.1) is 0 Å². The number of carbonyl (C=O) groups is 1. The summed E-state index contributed by atoms with van der Waals surface area (Å²) in [6.07, 6.45) is 15.3. The fourth-order valence-electron chi connectivity index (χ4n) is 2.53. The Balaban J connectivity index is 0.000000160. The van der Waals surface area contributed by atoms with E-state index in [4.69, 9.17) is 4.74 Å². The van der Waals surface area contributed by atoms with Crippen LogP contribution in [0.2, 0.25) is 0 Å². The molecular weight excluding hydrogens is 399 g/mol.